The second-order valence-corrected chi connectivity index (χ2v) is 12.0. The number of aromatic nitrogens is 2. The van der Waals surface area contributed by atoms with Crippen LogP contribution in [-0.2, 0) is 14.8 Å². The van der Waals surface area contributed by atoms with Gasteiger partial charge < -0.3 is 0 Å². The van der Waals surface area contributed by atoms with E-state index in [1.807, 2.05) is 13.8 Å². The Kier molecular flexibility index (Phi) is 7.50. The highest BCUT2D eigenvalue weighted by molar-refractivity contribution is 9.10. The van der Waals surface area contributed by atoms with Gasteiger partial charge in [0.2, 0.25) is 11.0 Å². The van der Waals surface area contributed by atoms with Gasteiger partial charge >= 0.3 is 0 Å². The van der Waals surface area contributed by atoms with Crippen molar-refractivity contribution in [3.05, 3.63) is 59.1 Å². The number of carbonyl (C=O) groups excluding carboxylic acids is 1. The van der Waals surface area contributed by atoms with Crippen LogP contribution in [0.3, 0.4) is 0 Å². The molecular formula is C19H19BrN4O3S3. The average molecular weight is 527 g/mol. The van der Waals surface area contributed by atoms with Crippen molar-refractivity contribution in [3.63, 3.8) is 0 Å². The van der Waals surface area contributed by atoms with E-state index in [1.54, 1.807) is 54.2 Å². The molecule has 0 saturated carbocycles. The van der Waals surface area contributed by atoms with E-state index in [-0.39, 0.29) is 4.90 Å². The Labute approximate surface area is 192 Å². The lowest BCUT2D eigenvalue weighted by Crippen LogP contribution is -2.38. The van der Waals surface area contributed by atoms with E-state index in [0.29, 0.717) is 16.1 Å². The van der Waals surface area contributed by atoms with Crippen LogP contribution in [0.5, 0.6) is 0 Å². The number of amides is 1. The third-order valence-corrected chi connectivity index (χ3v) is 7.97. The summed E-state index contributed by atoms with van der Waals surface area (Å²) in [5.74, 6) is -0.505. The van der Waals surface area contributed by atoms with Crippen LogP contribution in [0.1, 0.15) is 13.8 Å². The highest BCUT2D eigenvalue weighted by atomic mass is 79.9. The van der Waals surface area contributed by atoms with Gasteiger partial charge in [0.15, 0.2) is 4.34 Å². The highest BCUT2D eigenvalue weighted by Crippen LogP contribution is 2.29. The minimum atomic E-state index is -3.94. The monoisotopic (exact) mass is 526 g/mol. The van der Waals surface area contributed by atoms with Gasteiger partial charge in [-0.15, -0.1) is 10.2 Å². The Hall–Kier alpha value is -1.95. The topological polar surface area (TPSA) is 92.3 Å². The first kappa shape index (κ1) is 22.7. The molecule has 2 aromatic carbocycles. The van der Waals surface area contributed by atoms with Crippen molar-refractivity contribution in [2.75, 3.05) is 16.2 Å². The summed E-state index contributed by atoms with van der Waals surface area (Å²) in [6.45, 7) is 3.68. The van der Waals surface area contributed by atoms with E-state index < -0.39 is 22.5 Å². The molecule has 0 spiro atoms. The lowest BCUT2D eigenvalue weighted by Gasteiger charge is -2.24. The molecule has 30 heavy (non-hydrogen) atoms. The van der Waals surface area contributed by atoms with Crippen LogP contribution in [0.15, 0.2) is 68.3 Å². The largest absolute Gasteiger partial charge is 0.299 e. The molecule has 0 atom stereocenters. The number of nitrogens with one attached hydrogen (secondary N) is 1. The SMILES string of the molecule is CC(C)Sc1nnc(NC(=O)CN(c2ccc(Br)cc2)S(=O)(=O)c2ccccc2)s1. The maximum Gasteiger partial charge on any atom is 0.264 e. The zero-order valence-electron chi connectivity index (χ0n) is 16.1. The number of nitrogens with zero attached hydrogens (tertiary/aromatic N) is 3. The molecule has 0 fully saturated rings. The summed E-state index contributed by atoms with van der Waals surface area (Å²) in [4.78, 5) is 12.8. The van der Waals surface area contributed by atoms with Gasteiger partial charge in [-0.2, -0.15) is 0 Å². The molecular weight excluding hydrogens is 508 g/mol. The summed E-state index contributed by atoms with van der Waals surface area (Å²) in [7, 11) is -3.94. The Morgan fingerprint density at radius 3 is 2.43 bits per heavy atom. The molecule has 1 amide bonds. The summed E-state index contributed by atoms with van der Waals surface area (Å²) in [6.07, 6.45) is 0. The molecule has 3 aromatic rings. The Morgan fingerprint density at radius 1 is 1.13 bits per heavy atom. The molecule has 11 heteroatoms. The van der Waals surface area contributed by atoms with Gasteiger partial charge in [-0.3, -0.25) is 14.4 Å². The molecule has 7 nitrogen and oxygen atoms in total. The van der Waals surface area contributed by atoms with Gasteiger partial charge in [0.1, 0.15) is 6.54 Å². The highest BCUT2D eigenvalue weighted by Gasteiger charge is 2.27. The van der Waals surface area contributed by atoms with Crippen LogP contribution >= 0.6 is 39.0 Å². The van der Waals surface area contributed by atoms with E-state index >= 15 is 0 Å². The maximum atomic E-state index is 13.2. The fraction of sp³-hybridized carbons (Fsp3) is 0.211. The predicted octanol–water partition coefficient (Wildman–Crippen LogP) is 4.64. The first-order chi connectivity index (χ1) is 14.3. The van der Waals surface area contributed by atoms with Gasteiger partial charge in [0.05, 0.1) is 10.6 Å². The van der Waals surface area contributed by atoms with Gasteiger partial charge in [-0.25, -0.2) is 8.42 Å². The minimum Gasteiger partial charge on any atom is -0.299 e. The second-order valence-electron chi connectivity index (χ2n) is 6.39. The minimum absolute atomic E-state index is 0.104. The van der Waals surface area contributed by atoms with E-state index in [4.69, 9.17) is 0 Å². The van der Waals surface area contributed by atoms with Crippen LogP contribution in [0, 0.1) is 0 Å². The summed E-state index contributed by atoms with van der Waals surface area (Å²) in [5, 5.41) is 11.3. The van der Waals surface area contributed by atoms with Crippen LogP contribution in [0.25, 0.3) is 0 Å². The molecule has 0 radical (unpaired) electrons. The van der Waals surface area contributed by atoms with Crippen LogP contribution in [-0.4, -0.2) is 36.3 Å². The molecule has 158 valence electrons. The molecule has 0 aliphatic carbocycles. The molecule has 0 saturated heterocycles. The average Bonchev–Trinajstić information content (AvgIpc) is 3.13. The molecule has 1 heterocycles. The summed E-state index contributed by atoms with van der Waals surface area (Å²) in [5.41, 5.74) is 0.380. The van der Waals surface area contributed by atoms with Crippen LogP contribution < -0.4 is 9.62 Å². The van der Waals surface area contributed by atoms with Crippen molar-refractivity contribution in [3.8, 4) is 0 Å². The van der Waals surface area contributed by atoms with E-state index in [9.17, 15) is 13.2 Å². The second kappa shape index (κ2) is 9.90. The molecule has 1 N–H and O–H groups in total. The standard InChI is InChI=1S/C19H19BrN4O3S3/c1-13(2)28-19-23-22-18(29-19)21-17(25)12-24(15-10-8-14(20)9-11-15)30(26,27)16-6-4-3-5-7-16/h3-11,13H,12H2,1-2H3,(H,21,22,25). The fourth-order valence-electron chi connectivity index (χ4n) is 2.44. The molecule has 1 aromatic heterocycles. The van der Waals surface area contributed by atoms with Crippen molar-refractivity contribution < 1.29 is 13.2 Å². The number of hydrogen-bond donors (Lipinski definition) is 1. The van der Waals surface area contributed by atoms with Crippen molar-refractivity contribution in [1.29, 1.82) is 0 Å². The van der Waals surface area contributed by atoms with Crippen molar-refractivity contribution in [2.45, 2.75) is 28.3 Å². The number of thioether (sulfide) groups is 1. The quantitative estimate of drug-likeness (QED) is 0.339. The molecule has 0 unspecified atom stereocenters. The maximum absolute atomic E-state index is 13.2. The van der Waals surface area contributed by atoms with Crippen LogP contribution in [0.4, 0.5) is 10.8 Å². The number of hydrogen-bond acceptors (Lipinski definition) is 7. The zero-order chi connectivity index (χ0) is 21.7. The summed E-state index contributed by atoms with van der Waals surface area (Å²) >= 11 is 6.14. The van der Waals surface area contributed by atoms with E-state index in [0.717, 1.165) is 13.1 Å². The van der Waals surface area contributed by atoms with Crippen molar-refractivity contribution in [1.82, 2.24) is 10.2 Å². The molecule has 0 aliphatic heterocycles. The predicted molar refractivity (Wildman–Crippen MR) is 125 cm³/mol. The van der Waals surface area contributed by atoms with Crippen LogP contribution in [0.2, 0.25) is 0 Å². The first-order valence-electron chi connectivity index (χ1n) is 8.89. The Balaban J connectivity index is 1.84. The van der Waals surface area contributed by atoms with Gasteiger partial charge in [-0.1, -0.05) is 71.1 Å². The first-order valence-corrected chi connectivity index (χ1v) is 12.8. The number of benzene rings is 2. The lowest BCUT2D eigenvalue weighted by molar-refractivity contribution is -0.114. The molecule has 0 bridgehead atoms. The molecule has 0 aliphatic rings. The number of sulfonamides is 1. The number of rotatable bonds is 8. The number of halogens is 1. The van der Waals surface area contributed by atoms with E-state index in [2.05, 4.69) is 31.4 Å². The zero-order valence-corrected chi connectivity index (χ0v) is 20.2. The van der Waals surface area contributed by atoms with Gasteiger partial charge in [-0.05, 0) is 36.4 Å². The van der Waals surface area contributed by atoms with Crippen molar-refractivity contribution in [2.24, 2.45) is 0 Å². The normalized spacial score (nSPS) is 11.5. The summed E-state index contributed by atoms with van der Waals surface area (Å²) in [6, 6.07) is 14.7. The van der Waals surface area contributed by atoms with Gasteiger partial charge in [0, 0.05) is 9.72 Å². The third kappa shape index (κ3) is 5.81. The third-order valence-electron chi connectivity index (χ3n) is 3.72. The molecule has 3 rings (SSSR count). The fourth-order valence-corrected chi connectivity index (χ4v) is 6.14. The number of carbonyl (C=O) groups is 1. The van der Waals surface area contributed by atoms with Crippen molar-refractivity contribution >= 4 is 65.8 Å². The van der Waals surface area contributed by atoms with Gasteiger partial charge in [0.25, 0.3) is 10.0 Å². The summed E-state index contributed by atoms with van der Waals surface area (Å²) < 4.78 is 29.1. The lowest BCUT2D eigenvalue weighted by atomic mass is 10.3. The Bertz CT molecular complexity index is 1100. The Morgan fingerprint density at radius 2 is 1.80 bits per heavy atom. The number of anilines is 2. The van der Waals surface area contributed by atoms with E-state index in [1.165, 1.54) is 23.5 Å². The smallest absolute Gasteiger partial charge is 0.264 e.